The van der Waals surface area contributed by atoms with Gasteiger partial charge in [-0.3, -0.25) is 4.79 Å². The molecule has 24 heavy (non-hydrogen) atoms. The lowest BCUT2D eigenvalue weighted by Crippen LogP contribution is -1.96. The molecule has 6 nitrogen and oxygen atoms in total. The van der Waals surface area contributed by atoms with Gasteiger partial charge in [0.2, 0.25) is 11.0 Å². The first-order chi connectivity index (χ1) is 11.8. The quantitative estimate of drug-likeness (QED) is 0.578. The fourth-order valence-electron chi connectivity index (χ4n) is 2.53. The van der Waals surface area contributed by atoms with Crippen molar-refractivity contribution in [2.24, 2.45) is 0 Å². The number of benzene rings is 2. The summed E-state index contributed by atoms with van der Waals surface area (Å²) in [5, 5.41) is 17.6. The lowest BCUT2D eigenvalue weighted by molar-refractivity contribution is -0.120. The van der Waals surface area contributed by atoms with Crippen molar-refractivity contribution in [3.05, 3.63) is 53.9 Å². The first-order valence-electron chi connectivity index (χ1n) is 7.09. The van der Waals surface area contributed by atoms with Gasteiger partial charge < -0.3 is 9.84 Å². The number of phenols is 1. The maximum atomic E-state index is 10.4. The normalized spacial score (nSPS) is 10.8. The van der Waals surface area contributed by atoms with E-state index in [1.807, 2.05) is 30.3 Å². The minimum Gasteiger partial charge on any atom is -0.508 e. The number of nitrogens with zero attached hydrogens (tertiary/aromatic N) is 3. The van der Waals surface area contributed by atoms with Crippen LogP contribution in [0.5, 0.6) is 11.6 Å². The maximum absolute atomic E-state index is 10.4. The van der Waals surface area contributed by atoms with Gasteiger partial charge in [-0.1, -0.05) is 41.7 Å². The summed E-state index contributed by atoms with van der Waals surface area (Å²) >= 11 is 1.33. The molecule has 0 amide bonds. The van der Waals surface area contributed by atoms with E-state index >= 15 is 0 Å². The van der Waals surface area contributed by atoms with E-state index in [0.29, 0.717) is 11.6 Å². The number of phenolic OH excluding ortho intramolecular Hbond substituents is 1. The van der Waals surface area contributed by atoms with E-state index in [9.17, 15) is 9.90 Å². The van der Waals surface area contributed by atoms with Gasteiger partial charge in [-0.2, -0.15) is 10.1 Å². The molecule has 0 aliphatic rings. The van der Waals surface area contributed by atoms with Crippen LogP contribution in [0.4, 0.5) is 0 Å². The van der Waals surface area contributed by atoms with Crippen LogP contribution in [0.15, 0.2) is 53.9 Å². The summed E-state index contributed by atoms with van der Waals surface area (Å²) in [6.45, 7) is 0.345. The van der Waals surface area contributed by atoms with Gasteiger partial charge in [0.05, 0.1) is 10.9 Å². The third kappa shape index (κ3) is 2.40. The molecule has 0 radical (unpaired) electrons. The molecule has 0 spiro atoms. The highest BCUT2D eigenvalue weighted by molar-refractivity contribution is 7.12. The average Bonchev–Trinajstić information content (AvgIpc) is 3.19. The Morgan fingerprint density at radius 2 is 2.04 bits per heavy atom. The van der Waals surface area contributed by atoms with Crippen molar-refractivity contribution < 1.29 is 14.6 Å². The molecule has 118 valence electrons. The number of hydrogen-bond acceptors (Lipinski definition) is 6. The number of fused-ring (bicyclic) bond motifs is 1. The molecule has 0 aliphatic heterocycles. The maximum Gasteiger partial charge on any atom is 0.299 e. The number of hydrogen-bond donors (Lipinski definition) is 1. The molecule has 4 aromatic rings. The van der Waals surface area contributed by atoms with Crippen LogP contribution in [0.1, 0.15) is 0 Å². The predicted octanol–water partition coefficient (Wildman–Crippen LogP) is 3.39. The number of aromatic nitrogens is 3. The van der Waals surface area contributed by atoms with Gasteiger partial charge in [0.25, 0.3) is 6.47 Å². The molecule has 0 saturated heterocycles. The van der Waals surface area contributed by atoms with Crippen LogP contribution < -0.4 is 4.74 Å². The van der Waals surface area contributed by atoms with E-state index in [2.05, 4.69) is 10.1 Å². The molecule has 2 aromatic carbocycles. The van der Waals surface area contributed by atoms with Crippen LogP contribution in [0.3, 0.4) is 0 Å². The van der Waals surface area contributed by atoms with E-state index in [0.717, 1.165) is 22.2 Å². The second-order valence-electron chi connectivity index (χ2n) is 5.01. The molecule has 2 aromatic heterocycles. The van der Waals surface area contributed by atoms with Gasteiger partial charge in [-0.05, 0) is 18.2 Å². The summed E-state index contributed by atoms with van der Waals surface area (Å²) < 4.78 is 6.48. The number of ether oxygens (including phenoxy) is 1. The number of carbonyl (C=O) groups is 1. The minimum absolute atomic E-state index is 0.182. The summed E-state index contributed by atoms with van der Waals surface area (Å²) in [6.07, 6.45) is 0. The monoisotopic (exact) mass is 337 g/mol. The van der Waals surface area contributed by atoms with Gasteiger partial charge in [0.15, 0.2) is 0 Å². The van der Waals surface area contributed by atoms with E-state index in [1.54, 1.807) is 28.3 Å². The highest BCUT2D eigenvalue weighted by Gasteiger charge is 2.16. The van der Waals surface area contributed by atoms with E-state index in [1.165, 1.54) is 11.3 Å². The first-order valence-corrected chi connectivity index (χ1v) is 7.97. The third-order valence-corrected chi connectivity index (χ3v) is 4.32. The summed E-state index contributed by atoms with van der Waals surface area (Å²) in [7, 11) is 0. The summed E-state index contributed by atoms with van der Waals surface area (Å²) in [6, 6.07) is 14.7. The zero-order valence-corrected chi connectivity index (χ0v) is 13.1. The molecule has 0 aliphatic carbocycles. The summed E-state index contributed by atoms with van der Waals surface area (Å²) in [4.78, 5) is 14.7. The Morgan fingerprint density at radius 1 is 1.17 bits per heavy atom. The molecule has 0 saturated carbocycles. The van der Waals surface area contributed by atoms with Gasteiger partial charge in [0, 0.05) is 10.9 Å². The topological polar surface area (TPSA) is 77.2 Å². The number of rotatable bonds is 4. The van der Waals surface area contributed by atoms with Gasteiger partial charge in [-0.15, -0.1) is 0 Å². The second kappa shape index (κ2) is 5.78. The molecule has 1 N–H and O–H groups in total. The molecule has 0 bridgehead atoms. The van der Waals surface area contributed by atoms with E-state index in [4.69, 9.17) is 4.74 Å². The Balaban J connectivity index is 1.92. The van der Waals surface area contributed by atoms with E-state index in [-0.39, 0.29) is 11.6 Å². The van der Waals surface area contributed by atoms with Gasteiger partial charge in [-0.25, -0.2) is 4.68 Å². The van der Waals surface area contributed by atoms with Crippen molar-refractivity contribution in [1.82, 2.24) is 14.8 Å². The Kier molecular flexibility index (Phi) is 3.47. The Hall–Kier alpha value is -3.19. The number of carbonyl (C=O) groups excluding carboxylic acids is 1. The molecule has 4 rings (SSSR count). The molecule has 7 heteroatoms. The van der Waals surface area contributed by atoms with E-state index < -0.39 is 0 Å². The SMILES string of the molecule is O=COc1csc(-n2nc(-c3cccc(O)c3)c3ccccc32)n1. The van der Waals surface area contributed by atoms with Crippen LogP contribution >= 0.6 is 11.3 Å². The molecular weight excluding hydrogens is 326 g/mol. The molecular formula is C17H11N3O3S. The van der Waals surface area contributed by atoms with Crippen LogP contribution in [-0.4, -0.2) is 26.3 Å². The molecule has 0 atom stereocenters. The fraction of sp³-hybridized carbons (Fsp3) is 0. The second-order valence-corrected chi connectivity index (χ2v) is 5.85. The fourth-order valence-corrected chi connectivity index (χ4v) is 3.23. The van der Waals surface area contributed by atoms with Gasteiger partial charge >= 0.3 is 0 Å². The smallest absolute Gasteiger partial charge is 0.299 e. The van der Waals surface area contributed by atoms with Crippen molar-refractivity contribution in [3.8, 4) is 28.0 Å². The Bertz CT molecular complexity index is 1040. The Labute approximate surface area is 140 Å². The zero-order valence-electron chi connectivity index (χ0n) is 12.3. The van der Waals surface area contributed by atoms with Crippen molar-refractivity contribution in [2.75, 3.05) is 0 Å². The van der Waals surface area contributed by atoms with Gasteiger partial charge in [0.1, 0.15) is 11.4 Å². The number of aromatic hydroxyl groups is 1. The predicted molar refractivity (Wildman–Crippen MR) is 90.5 cm³/mol. The highest BCUT2D eigenvalue weighted by atomic mass is 32.1. The van der Waals surface area contributed by atoms with Crippen LogP contribution in [0.25, 0.3) is 27.3 Å². The van der Waals surface area contributed by atoms with Crippen LogP contribution in [0.2, 0.25) is 0 Å². The largest absolute Gasteiger partial charge is 0.508 e. The highest BCUT2D eigenvalue weighted by Crippen LogP contribution is 2.32. The van der Waals surface area contributed by atoms with Crippen molar-refractivity contribution in [3.63, 3.8) is 0 Å². The summed E-state index contributed by atoms with van der Waals surface area (Å²) in [5.74, 6) is 0.422. The number of para-hydroxylation sites is 1. The van der Waals surface area contributed by atoms with Crippen LogP contribution in [0, 0.1) is 0 Å². The van der Waals surface area contributed by atoms with Crippen molar-refractivity contribution >= 4 is 28.7 Å². The van der Waals surface area contributed by atoms with Crippen LogP contribution in [-0.2, 0) is 4.79 Å². The minimum atomic E-state index is 0.182. The Morgan fingerprint density at radius 3 is 2.88 bits per heavy atom. The standard InChI is InChI=1S/C17H11N3O3S/c21-10-23-15-9-24-17(18-15)20-14-7-2-1-6-13(14)16(19-20)11-4-3-5-12(22)8-11/h1-10,22H. The lowest BCUT2D eigenvalue weighted by Gasteiger charge is -1.98. The lowest BCUT2D eigenvalue weighted by atomic mass is 10.1. The molecule has 2 heterocycles. The summed E-state index contributed by atoms with van der Waals surface area (Å²) in [5.41, 5.74) is 2.43. The van der Waals surface area contributed by atoms with Crippen molar-refractivity contribution in [2.45, 2.75) is 0 Å². The number of thiazole rings is 1. The van der Waals surface area contributed by atoms with Crippen molar-refractivity contribution in [1.29, 1.82) is 0 Å². The first kappa shape index (κ1) is 14.4. The zero-order chi connectivity index (χ0) is 16.5. The third-order valence-electron chi connectivity index (χ3n) is 3.53. The molecule has 0 unspecified atom stereocenters. The molecule has 0 fully saturated rings. The average molecular weight is 337 g/mol.